The predicted molar refractivity (Wildman–Crippen MR) is 78.0 cm³/mol. The van der Waals surface area contributed by atoms with Crippen molar-refractivity contribution in [3.63, 3.8) is 0 Å². The Morgan fingerprint density at radius 3 is 1.95 bits per heavy atom. The lowest BCUT2D eigenvalue weighted by Gasteiger charge is -1.93. The lowest BCUT2D eigenvalue weighted by molar-refractivity contribution is -0.662. The number of thiazole rings is 1. The normalized spacial score (nSPS) is 10.6. The fourth-order valence-corrected chi connectivity index (χ4v) is 3.22. The van der Waals surface area contributed by atoms with E-state index in [0.717, 1.165) is 21.0 Å². The Morgan fingerprint density at radius 1 is 0.842 bits per heavy atom. The molecule has 0 aliphatic heterocycles. The third-order valence-electron chi connectivity index (χ3n) is 3.08. The molecule has 3 rings (SSSR count). The van der Waals surface area contributed by atoms with E-state index in [9.17, 15) is 5.11 Å². The van der Waals surface area contributed by atoms with Crippen LogP contribution in [0.4, 0.5) is 0 Å². The maximum absolute atomic E-state index is 10.3. The molecule has 3 aromatic rings. The summed E-state index contributed by atoms with van der Waals surface area (Å²) < 4.78 is 1.84. The highest BCUT2D eigenvalue weighted by Gasteiger charge is 2.24. The first-order valence-corrected chi connectivity index (χ1v) is 6.91. The van der Waals surface area contributed by atoms with E-state index in [1.807, 2.05) is 60.1 Å². The van der Waals surface area contributed by atoms with E-state index in [1.165, 1.54) is 0 Å². The molecule has 0 saturated heterocycles. The third-order valence-corrected chi connectivity index (χ3v) is 4.41. The minimum atomic E-state index is 0.315. The first-order chi connectivity index (χ1) is 9.27. The molecule has 1 aromatic heterocycles. The van der Waals surface area contributed by atoms with Crippen molar-refractivity contribution >= 4 is 11.3 Å². The summed E-state index contributed by atoms with van der Waals surface area (Å²) in [6.07, 6.45) is 0. The molecular formula is C16H14NOS+. The number of hydrogen-bond donors (Lipinski definition) is 1. The standard InChI is InChI=1S/C16H13NOS/c1-17-15(18)14(12-8-4-2-5-9-12)19-16(17)13-10-6-3-7-11-13/h2-11H,1H3/p+1. The minimum Gasteiger partial charge on any atom is -0.459 e. The highest BCUT2D eigenvalue weighted by molar-refractivity contribution is 7.18. The Morgan fingerprint density at radius 2 is 1.37 bits per heavy atom. The van der Waals surface area contributed by atoms with E-state index in [2.05, 4.69) is 12.1 Å². The molecule has 0 unspecified atom stereocenters. The number of benzene rings is 2. The molecule has 19 heavy (non-hydrogen) atoms. The number of rotatable bonds is 2. The minimum absolute atomic E-state index is 0.315. The Hall–Kier alpha value is -2.13. The predicted octanol–water partition coefficient (Wildman–Crippen LogP) is 3.61. The molecule has 0 fully saturated rings. The summed E-state index contributed by atoms with van der Waals surface area (Å²) in [6, 6.07) is 20.1. The average molecular weight is 268 g/mol. The summed E-state index contributed by atoms with van der Waals surface area (Å²) in [5.41, 5.74) is 2.16. The van der Waals surface area contributed by atoms with Gasteiger partial charge in [0.2, 0.25) is 0 Å². The monoisotopic (exact) mass is 268 g/mol. The molecule has 2 nitrogen and oxygen atoms in total. The fourth-order valence-electron chi connectivity index (χ4n) is 2.07. The first kappa shape index (κ1) is 11.9. The van der Waals surface area contributed by atoms with Crippen LogP contribution in [0.25, 0.3) is 21.0 Å². The average Bonchev–Trinajstić information content (AvgIpc) is 2.77. The van der Waals surface area contributed by atoms with Gasteiger partial charge in [-0.3, -0.25) is 0 Å². The molecule has 0 bridgehead atoms. The smallest absolute Gasteiger partial charge is 0.384 e. The van der Waals surface area contributed by atoms with Crippen molar-refractivity contribution in [1.29, 1.82) is 0 Å². The van der Waals surface area contributed by atoms with Gasteiger partial charge in [-0.2, -0.15) is 4.57 Å². The lowest BCUT2D eigenvalue weighted by Crippen LogP contribution is -2.27. The van der Waals surface area contributed by atoms with Crippen LogP contribution in [0.3, 0.4) is 0 Å². The maximum Gasteiger partial charge on any atom is 0.384 e. The van der Waals surface area contributed by atoms with Crippen LogP contribution in [0.15, 0.2) is 60.7 Å². The van der Waals surface area contributed by atoms with Gasteiger partial charge >= 0.3 is 5.88 Å². The van der Waals surface area contributed by atoms with Gasteiger partial charge in [-0.25, -0.2) is 0 Å². The zero-order chi connectivity index (χ0) is 13.2. The summed E-state index contributed by atoms with van der Waals surface area (Å²) in [5, 5.41) is 11.4. The van der Waals surface area contributed by atoms with Crippen LogP contribution < -0.4 is 4.57 Å². The number of aromatic hydroxyl groups is 1. The van der Waals surface area contributed by atoms with E-state index < -0.39 is 0 Å². The zero-order valence-corrected chi connectivity index (χ0v) is 11.4. The number of nitrogens with zero attached hydrogens (tertiary/aromatic N) is 1. The van der Waals surface area contributed by atoms with E-state index in [1.54, 1.807) is 11.3 Å². The molecule has 2 aromatic carbocycles. The van der Waals surface area contributed by atoms with Crippen LogP contribution in [-0.4, -0.2) is 5.11 Å². The van der Waals surface area contributed by atoms with Crippen molar-refractivity contribution in [3.05, 3.63) is 60.7 Å². The van der Waals surface area contributed by atoms with Gasteiger partial charge in [-0.15, -0.1) is 0 Å². The first-order valence-electron chi connectivity index (χ1n) is 6.10. The second-order valence-corrected chi connectivity index (χ2v) is 5.35. The van der Waals surface area contributed by atoms with Crippen molar-refractivity contribution in [3.8, 4) is 26.9 Å². The molecule has 1 heterocycles. The summed E-state index contributed by atoms with van der Waals surface area (Å²) >= 11 is 1.61. The van der Waals surface area contributed by atoms with Crippen LogP contribution in [0.1, 0.15) is 0 Å². The summed E-state index contributed by atoms with van der Waals surface area (Å²) in [5.74, 6) is 0.315. The molecule has 0 amide bonds. The Bertz CT molecular complexity index is 630. The van der Waals surface area contributed by atoms with E-state index in [4.69, 9.17) is 0 Å². The molecule has 0 saturated carbocycles. The van der Waals surface area contributed by atoms with Gasteiger partial charge in [0.1, 0.15) is 7.05 Å². The maximum atomic E-state index is 10.3. The molecule has 0 atom stereocenters. The van der Waals surface area contributed by atoms with Crippen molar-refractivity contribution < 1.29 is 9.67 Å². The molecule has 1 N–H and O–H groups in total. The summed E-state index contributed by atoms with van der Waals surface area (Å²) in [7, 11) is 1.89. The van der Waals surface area contributed by atoms with Gasteiger partial charge in [-0.05, 0) is 12.1 Å². The molecule has 3 heteroatoms. The van der Waals surface area contributed by atoms with Crippen molar-refractivity contribution in [2.75, 3.05) is 0 Å². The van der Waals surface area contributed by atoms with Crippen LogP contribution in [-0.2, 0) is 7.05 Å². The van der Waals surface area contributed by atoms with Gasteiger partial charge in [0.25, 0.3) is 5.01 Å². The molecule has 0 aliphatic carbocycles. The van der Waals surface area contributed by atoms with Gasteiger partial charge in [0, 0.05) is 5.56 Å². The SMILES string of the molecule is C[n+]1c(-c2ccccc2)sc(-c2ccccc2)c1O. The summed E-state index contributed by atoms with van der Waals surface area (Å²) in [6.45, 7) is 0. The van der Waals surface area contributed by atoms with E-state index in [0.29, 0.717) is 5.88 Å². The molecule has 0 spiro atoms. The van der Waals surface area contributed by atoms with E-state index >= 15 is 0 Å². The largest absolute Gasteiger partial charge is 0.459 e. The van der Waals surface area contributed by atoms with Crippen LogP contribution >= 0.6 is 11.3 Å². The van der Waals surface area contributed by atoms with Gasteiger partial charge in [-0.1, -0.05) is 59.9 Å². The fraction of sp³-hybridized carbons (Fsp3) is 0.0625. The highest BCUT2D eigenvalue weighted by Crippen LogP contribution is 2.37. The lowest BCUT2D eigenvalue weighted by atomic mass is 10.2. The second-order valence-electron chi connectivity index (χ2n) is 4.35. The number of hydrogen-bond acceptors (Lipinski definition) is 2. The van der Waals surface area contributed by atoms with Gasteiger partial charge in [0.15, 0.2) is 4.88 Å². The second kappa shape index (κ2) is 4.86. The van der Waals surface area contributed by atoms with Crippen molar-refractivity contribution in [2.24, 2.45) is 7.05 Å². The third kappa shape index (κ3) is 2.13. The topological polar surface area (TPSA) is 24.1 Å². The van der Waals surface area contributed by atoms with Crippen LogP contribution in [0, 0.1) is 0 Å². The molecule has 0 radical (unpaired) electrons. The van der Waals surface area contributed by atoms with E-state index in [-0.39, 0.29) is 0 Å². The van der Waals surface area contributed by atoms with Crippen molar-refractivity contribution in [1.82, 2.24) is 0 Å². The van der Waals surface area contributed by atoms with Crippen LogP contribution in [0.2, 0.25) is 0 Å². The molecule has 94 valence electrons. The van der Waals surface area contributed by atoms with Crippen molar-refractivity contribution in [2.45, 2.75) is 0 Å². The molecular weight excluding hydrogens is 254 g/mol. The summed E-state index contributed by atoms with van der Waals surface area (Å²) in [4.78, 5) is 0.905. The van der Waals surface area contributed by atoms with Gasteiger partial charge in [0.05, 0.1) is 5.56 Å². The Balaban J connectivity index is 2.16. The van der Waals surface area contributed by atoms with Crippen LogP contribution in [0.5, 0.6) is 5.88 Å². The number of aromatic nitrogens is 1. The van der Waals surface area contributed by atoms with Gasteiger partial charge < -0.3 is 5.11 Å². The quantitative estimate of drug-likeness (QED) is 0.705. The molecule has 0 aliphatic rings. The highest BCUT2D eigenvalue weighted by atomic mass is 32.1. The Labute approximate surface area is 116 Å². The Kier molecular flexibility index (Phi) is 3.05. The zero-order valence-electron chi connectivity index (χ0n) is 10.6.